The lowest BCUT2D eigenvalue weighted by molar-refractivity contribution is 0.136. The van der Waals surface area contributed by atoms with Crippen molar-refractivity contribution in [3.05, 3.63) is 84.2 Å². The lowest BCUT2D eigenvalue weighted by Gasteiger charge is -2.33. The first-order valence-corrected chi connectivity index (χ1v) is 9.62. The van der Waals surface area contributed by atoms with Crippen LogP contribution in [0.3, 0.4) is 0 Å². The molecule has 0 amide bonds. The molecule has 0 bridgehead atoms. The lowest BCUT2D eigenvalue weighted by atomic mass is 10.2. The van der Waals surface area contributed by atoms with Crippen molar-refractivity contribution >= 4 is 6.08 Å². The minimum absolute atomic E-state index is 0.938. The molecule has 0 spiro atoms. The van der Waals surface area contributed by atoms with Gasteiger partial charge in [0.15, 0.2) is 0 Å². The van der Waals surface area contributed by atoms with Gasteiger partial charge in [0, 0.05) is 56.7 Å². The van der Waals surface area contributed by atoms with E-state index in [4.69, 9.17) is 0 Å². The summed E-state index contributed by atoms with van der Waals surface area (Å²) >= 11 is 0. The van der Waals surface area contributed by atoms with E-state index in [1.54, 1.807) is 0 Å². The fraction of sp³-hybridized carbons (Fsp3) is 0.261. The van der Waals surface area contributed by atoms with Crippen LogP contribution >= 0.6 is 0 Å². The highest BCUT2D eigenvalue weighted by molar-refractivity contribution is 5.54. The van der Waals surface area contributed by atoms with Crippen LogP contribution in [0.2, 0.25) is 0 Å². The maximum atomic E-state index is 4.53. The molecule has 1 saturated heterocycles. The summed E-state index contributed by atoms with van der Waals surface area (Å²) in [4.78, 5) is 13.0. The van der Waals surface area contributed by atoms with Gasteiger partial charge in [0.25, 0.3) is 0 Å². The molecule has 0 radical (unpaired) electrons. The highest BCUT2D eigenvalue weighted by Crippen LogP contribution is 2.16. The Bertz CT molecular complexity index is 846. The van der Waals surface area contributed by atoms with Crippen LogP contribution in [0.15, 0.2) is 72.9 Å². The molecule has 138 valence electrons. The van der Waals surface area contributed by atoms with Gasteiger partial charge in [-0.2, -0.15) is 0 Å². The van der Waals surface area contributed by atoms with Crippen LogP contribution in [0.4, 0.5) is 0 Å². The van der Waals surface area contributed by atoms with Crippen molar-refractivity contribution in [1.82, 2.24) is 19.8 Å². The first-order valence-electron chi connectivity index (χ1n) is 9.62. The van der Waals surface area contributed by atoms with E-state index in [9.17, 15) is 0 Å². The van der Waals surface area contributed by atoms with Crippen molar-refractivity contribution in [2.45, 2.75) is 6.54 Å². The molecule has 0 aliphatic carbocycles. The average molecular weight is 358 g/mol. The molecule has 27 heavy (non-hydrogen) atoms. The van der Waals surface area contributed by atoms with Gasteiger partial charge in [-0.25, -0.2) is 4.98 Å². The fourth-order valence-corrected chi connectivity index (χ4v) is 3.46. The zero-order chi connectivity index (χ0) is 18.3. The highest BCUT2D eigenvalue weighted by atomic mass is 15.3. The van der Waals surface area contributed by atoms with Gasteiger partial charge < -0.3 is 4.98 Å². The first kappa shape index (κ1) is 17.7. The second-order valence-electron chi connectivity index (χ2n) is 7.01. The molecule has 2 aromatic carbocycles. The third-order valence-electron chi connectivity index (χ3n) is 5.01. The molecular formula is C23H26N4. The number of aromatic nitrogens is 2. The summed E-state index contributed by atoms with van der Waals surface area (Å²) in [6.07, 6.45) is 6.45. The quantitative estimate of drug-likeness (QED) is 0.726. The molecule has 0 unspecified atom stereocenters. The van der Waals surface area contributed by atoms with Crippen LogP contribution in [0, 0.1) is 0 Å². The number of nitrogens with one attached hydrogen (secondary N) is 1. The third kappa shape index (κ3) is 4.94. The number of benzene rings is 2. The Morgan fingerprint density at radius 1 is 0.852 bits per heavy atom. The Hall–Kier alpha value is -2.69. The molecule has 3 aromatic rings. The van der Waals surface area contributed by atoms with Crippen LogP contribution < -0.4 is 0 Å². The summed E-state index contributed by atoms with van der Waals surface area (Å²) in [5, 5.41) is 0. The van der Waals surface area contributed by atoms with E-state index in [2.05, 4.69) is 74.4 Å². The summed E-state index contributed by atoms with van der Waals surface area (Å²) in [5.74, 6) is 0.954. The Kier molecular flexibility index (Phi) is 5.77. The number of H-pyrrole nitrogens is 1. The third-order valence-corrected chi connectivity index (χ3v) is 5.01. The molecule has 1 aliphatic heterocycles. The minimum atomic E-state index is 0.938. The van der Waals surface area contributed by atoms with Gasteiger partial charge in [-0.1, -0.05) is 72.8 Å². The number of piperazine rings is 1. The first-order chi connectivity index (χ1) is 13.4. The number of hydrogen-bond donors (Lipinski definition) is 1. The number of hydrogen-bond acceptors (Lipinski definition) is 3. The van der Waals surface area contributed by atoms with Crippen molar-refractivity contribution < 1.29 is 0 Å². The van der Waals surface area contributed by atoms with Crippen molar-refractivity contribution in [3.63, 3.8) is 0 Å². The Morgan fingerprint density at radius 2 is 1.52 bits per heavy atom. The summed E-state index contributed by atoms with van der Waals surface area (Å²) in [7, 11) is 0. The van der Waals surface area contributed by atoms with Crippen LogP contribution in [-0.4, -0.2) is 52.5 Å². The largest absolute Gasteiger partial charge is 0.341 e. The molecule has 2 heterocycles. The highest BCUT2D eigenvalue weighted by Gasteiger charge is 2.16. The Balaban J connectivity index is 1.24. The van der Waals surface area contributed by atoms with Gasteiger partial charge in [-0.3, -0.25) is 9.80 Å². The molecule has 4 heteroatoms. The predicted octanol–water partition coefficient (Wildman–Crippen LogP) is 3.91. The second kappa shape index (κ2) is 8.80. The summed E-state index contributed by atoms with van der Waals surface area (Å²) in [5.41, 5.74) is 3.59. The second-order valence-corrected chi connectivity index (χ2v) is 7.01. The van der Waals surface area contributed by atoms with Crippen LogP contribution in [-0.2, 0) is 6.54 Å². The minimum Gasteiger partial charge on any atom is -0.341 e. The van der Waals surface area contributed by atoms with Gasteiger partial charge in [-0.05, 0) is 5.56 Å². The summed E-state index contributed by atoms with van der Waals surface area (Å²) in [6.45, 7) is 6.37. The Morgan fingerprint density at radius 3 is 2.26 bits per heavy atom. The van der Waals surface area contributed by atoms with Gasteiger partial charge in [0.05, 0.1) is 0 Å². The number of imidazole rings is 1. The molecule has 4 rings (SSSR count). The van der Waals surface area contributed by atoms with E-state index >= 15 is 0 Å². The molecule has 1 aromatic heterocycles. The topological polar surface area (TPSA) is 35.2 Å². The molecule has 1 fully saturated rings. The van der Waals surface area contributed by atoms with Crippen LogP contribution in [0.25, 0.3) is 17.5 Å². The molecular weight excluding hydrogens is 332 g/mol. The van der Waals surface area contributed by atoms with Crippen molar-refractivity contribution in [2.24, 2.45) is 0 Å². The molecule has 0 atom stereocenters. The van der Waals surface area contributed by atoms with Gasteiger partial charge in [0.2, 0.25) is 0 Å². The van der Waals surface area contributed by atoms with Crippen LogP contribution in [0.5, 0.6) is 0 Å². The molecule has 0 saturated carbocycles. The van der Waals surface area contributed by atoms with E-state index in [-0.39, 0.29) is 0 Å². The van der Waals surface area contributed by atoms with Crippen molar-refractivity contribution in [2.75, 3.05) is 32.7 Å². The molecule has 4 nitrogen and oxygen atoms in total. The number of nitrogens with zero attached hydrogens (tertiary/aromatic N) is 3. The molecule has 1 aliphatic rings. The average Bonchev–Trinajstić information content (AvgIpc) is 3.19. The SMILES string of the molecule is C(=Cc1ccccc1)CN1CCN(Cc2cnc(-c3ccccc3)[nH]2)CC1. The summed E-state index contributed by atoms with van der Waals surface area (Å²) < 4.78 is 0. The zero-order valence-electron chi connectivity index (χ0n) is 15.6. The maximum absolute atomic E-state index is 4.53. The van der Waals surface area contributed by atoms with Crippen LogP contribution in [0.1, 0.15) is 11.3 Å². The number of rotatable bonds is 6. The van der Waals surface area contributed by atoms with E-state index in [0.29, 0.717) is 0 Å². The predicted molar refractivity (Wildman–Crippen MR) is 111 cm³/mol. The van der Waals surface area contributed by atoms with Crippen molar-refractivity contribution in [3.8, 4) is 11.4 Å². The normalized spacial score (nSPS) is 16.1. The van der Waals surface area contributed by atoms with Gasteiger partial charge in [-0.15, -0.1) is 0 Å². The van der Waals surface area contributed by atoms with E-state index in [1.807, 2.05) is 24.4 Å². The van der Waals surface area contributed by atoms with E-state index in [1.165, 1.54) is 11.3 Å². The van der Waals surface area contributed by atoms with Gasteiger partial charge >= 0.3 is 0 Å². The maximum Gasteiger partial charge on any atom is 0.137 e. The number of aromatic amines is 1. The fourth-order valence-electron chi connectivity index (χ4n) is 3.46. The molecule has 1 N–H and O–H groups in total. The zero-order valence-corrected chi connectivity index (χ0v) is 15.6. The van der Waals surface area contributed by atoms with E-state index < -0.39 is 0 Å². The lowest BCUT2D eigenvalue weighted by Crippen LogP contribution is -2.45. The monoisotopic (exact) mass is 358 g/mol. The van der Waals surface area contributed by atoms with Crippen molar-refractivity contribution in [1.29, 1.82) is 0 Å². The Labute approximate surface area is 161 Å². The smallest absolute Gasteiger partial charge is 0.137 e. The van der Waals surface area contributed by atoms with E-state index in [0.717, 1.165) is 50.7 Å². The van der Waals surface area contributed by atoms with Gasteiger partial charge in [0.1, 0.15) is 5.82 Å². The summed E-state index contributed by atoms with van der Waals surface area (Å²) in [6, 6.07) is 20.8. The standard InChI is InChI=1S/C23H26N4/c1-3-8-20(9-4-1)10-7-13-26-14-16-27(17-15-26)19-22-18-24-23(25-22)21-11-5-2-6-12-21/h1-12,18H,13-17,19H2,(H,24,25).